The van der Waals surface area contributed by atoms with Crippen molar-refractivity contribution >= 4 is 54.2 Å². The van der Waals surface area contributed by atoms with Crippen molar-refractivity contribution in [2.75, 3.05) is 23.7 Å². The summed E-state index contributed by atoms with van der Waals surface area (Å²) >= 11 is 3.49. The third-order valence-electron chi connectivity index (χ3n) is 6.78. The molecule has 1 atom stereocenters. The van der Waals surface area contributed by atoms with Gasteiger partial charge in [0.2, 0.25) is 21.8 Å². The second kappa shape index (κ2) is 13.8. The van der Waals surface area contributed by atoms with Crippen LogP contribution in [-0.4, -0.2) is 50.5 Å². The van der Waals surface area contributed by atoms with Crippen molar-refractivity contribution in [3.05, 3.63) is 113 Å². The predicted octanol–water partition coefficient (Wildman–Crippen LogP) is 5.53. The van der Waals surface area contributed by atoms with Crippen LogP contribution >= 0.6 is 15.9 Å². The molecule has 0 saturated heterocycles. The fraction of sp³-hybridized carbons (Fsp3) is 0.250. The molecule has 214 valence electrons. The molecule has 1 N–H and O–H groups in total. The maximum Gasteiger partial charge on any atom is 0.244 e. The van der Waals surface area contributed by atoms with E-state index in [1.807, 2.05) is 91.9 Å². The lowest BCUT2D eigenvalue weighted by Crippen LogP contribution is -2.53. The first-order valence-electron chi connectivity index (χ1n) is 13.5. The van der Waals surface area contributed by atoms with E-state index in [1.165, 1.54) is 4.90 Å². The lowest BCUT2D eigenvalue weighted by Gasteiger charge is -2.33. The quantitative estimate of drug-likeness (QED) is 0.222. The maximum atomic E-state index is 14.2. The zero-order valence-corrected chi connectivity index (χ0v) is 25.6. The molecule has 0 saturated carbocycles. The van der Waals surface area contributed by atoms with Crippen LogP contribution in [0.4, 0.5) is 5.69 Å². The zero-order valence-electron chi connectivity index (χ0n) is 23.2. The van der Waals surface area contributed by atoms with Crippen molar-refractivity contribution in [2.45, 2.75) is 32.4 Å². The molecule has 41 heavy (non-hydrogen) atoms. The van der Waals surface area contributed by atoms with E-state index in [0.717, 1.165) is 38.0 Å². The standard InChI is InChI=1S/C32H34BrN3O4S/c1-3-19-34-32(38)30(21-24-11-5-4-6-12-24)35(22-25-13-9-16-27(33)20-25)31(37)23-36(41(2,39)40)29-18-10-15-26-14-7-8-17-28(26)29/h4-18,20,30H,3,19,21-23H2,1-2H3,(H,34,38)/t30-/m0/s1. The summed E-state index contributed by atoms with van der Waals surface area (Å²) in [5.74, 6) is -0.758. The molecule has 0 aromatic heterocycles. The van der Waals surface area contributed by atoms with E-state index >= 15 is 0 Å². The van der Waals surface area contributed by atoms with Gasteiger partial charge in [0, 0.05) is 29.4 Å². The average Bonchev–Trinajstić information content (AvgIpc) is 2.96. The van der Waals surface area contributed by atoms with Crippen molar-refractivity contribution in [1.82, 2.24) is 10.2 Å². The average molecular weight is 637 g/mol. The van der Waals surface area contributed by atoms with E-state index in [1.54, 1.807) is 12.1 Å². The third kappa shape index (κ3) is 7.95. The highest BCUT2D eigenvalue weighted by Crippen LogP contribution is 2.29. The molecule has 0 radical (unpaired) electrons. The Hall–Kier alpha value is -3.69. The van der Waals surface area contributed by atoms with Crippen molar-refractivity contribution in [3.63, 3.8) is 0 Å². The highest BCUT2D eigenvalue weighted by atomic mass is 79.9. The summed E-state index contributed by atoms with van der Waals surface area (Å²) in [7, 11) is -3.86. The Labute approximate surface area is 250 Å². The molecular formula is C32H34BrN3O4S. The summed E-state index contributed by atoms with van der Waals surface area (Å²) in [6, 6.07) is 29.0. The number of halogens is 1. The molecule has 0 spiro atoms. The number of nitrogens with zero attached hydrogens (tertiary/aromatic N) is 2. The first-order chi connectivity index (χ1) is 19.7. The van der Waals surface area contributed by atoms with Crippen LogP contribution in [0.3, 0.4) is 0 Å². The number of carbonyl (C=O) groups is 2. The van der Waals surface area contributed by atoms with Gasteiger partial charge >= 0.3 is 0 Å². The minimum absolute atomic E-state index is 0.127. The second-order valence-corrected chi connectivity index (χ2v) is 12.7. The molecule has 9 heteroatoms. The Kier molecular flexibility index (Phi) is 10.2. The SMILES string of the molecule is CCCNC(=O)[C@H](Cc1ccccc1)N(Cc1cccc(Br)c1)C(=O)CN(c1cccc2ccccc12)S(C)(=O)=O. The highest BCUT2D eigenvalue weighted by molar-refractivity contribution is 9.10. The minimum atomic E-state index is -3.86. The molecule has 0 unspecified atom stereocenters. The Bertz CT molecular complexity index is 1610. The highest BCUT2D eigenvalue weighted by Gasteiger charge is 2.33. The van der Waals surface area contributed by atoms with Gasteiger partial charge < -0.3 is 10.2 Å². The summed E-state index contributed by atoms with van der Waals surface area (Å²) in [5.41, 5.74) is 2.12. The van der Waals surface area contributed by atoms with Gasteiger partial charge in [-0.3, -0.25) is 13.9 Å². The van der Waals surface area contributed by atoms with Gasteiger partial charge in [-0.1, -0.05) is 102 Å². The van der Waals surface area contributed by atoms with Crippen LogP contribution in [0.15, 0.2) is 102 Å². The number of fused-ring (bicyclic) bond motifs is 1. The van der Waals surface area contributed by atoms with Crippen molar-refractivity contribution in [1.29, 1.82) is 0 Å². The minimum Gasteiger partial charge on any atom is -0.354 e. The Morgan fingerprint density at radius 2 is 1.54 bits per heavy atom. The number of rotatable bonds is 12. The topological polar surface area (TPSA) is 86.8 Å². The van der Waals surface area contributed by atoms with Gasteiger partial charge in [0.1, 0.15) is 12.6 Å². The predicted molar refractivity (Wildman–Crippen MR) is 168 cm³/mol. The molecule has 0 aliphatic rings. The van der Waals surface area contributed by atoms with E-state index in [2.05, 4.69) is 21.2 Å². The lowest BCUT2D eigenvalue weighted by molar-refractivity contribution is -0.140. The van der Waals surface area contributed by atoms with E-state index in [9.17, 15) is 18.0 Å². The fourth-order valence-corrected chi connectivity index (χ4v) is 6.08. The molecule has 4 aromatic carbocycles. The van der Waals surface area contributed by atoms with E-state index in [4.69, 9.17) is 0 Å². The number of amides is 2. The third-order valence-corrected chi connectivity index (χ3v) is 8.40. The largest absolute Gasteiger partial charge is 0.354 e. The Morgan fingerprint density at radius 3 is 2.24 bits per heavy atom. The van der Waals surface area contributed by atoms with Gasteiger partial charge in [0.15, 0.2) is 0 Å². The first-order valence-corrected chi connectivity index (χ1v) is 16.1. The molecular weight excluding hydrogens is 602 g/mol. The Balaban J connectivity index is 1.77. The van der Waals surface area contributed by atoms with Gasteiger partial charge in [-0.05, 0) is 41.1 Å². The fourth-order valence-electron chi connectivity index (χ4n) is 4.77. The molecule has 4 aromatic rings. The van der Waals surface area contributed by atoms with Crippen LogP contribution in [0, 0.1) is 0 Å². The summed E-state index contributed by atoms with van der Waals surface area (Å²) in [5, 5.41) is 4.53. The molecule has 0 aliphatic carbocycles. The van der Waals surface area contributed by atoms with Gasteiger partial charge in [-0.2, -0.15) is 0 Å². The monoisotopic (exact) mass is 635 g/mol. The second-order valence-electron chi connectivity index (χ2n) is 9.92. The molecule has 7 nitrogen and oxygen atoms in total. The van der Waals surface area contributed by atoms with Crippen LogP contribution < -0.4 is 9.62 Å². The molecule has 4 rings (SSSR count). The van der Waals surface area contributed by atoms with Gasteiger partial charge in [0.25, 0.3) is 0 Å². The van der Waals surface area contributed by atoms with Gasteiger partial charge in [0.05, 0.1) is 11.9 Å². The lowest BCUT2D eigenvalue weighted by atomic mass is 10.0. The van der Waals surface area contributed by atoms with Crippen LogP contribution in [0.1, 0.15) is 24.5 Å². The number of sulfonamides is 1. The van der Waals surface area contributed by atoms with Crippen LogP contribution in [0.5, 0.6) is 0 Å². The van der Waals surface area contributed by atoms with E-state index in [-0.39, 0.29) is 18.9 Å². The van der Waals surface area contributed by atoms with Gasteiger partial charge in [-0.25, -0.2) is 8.42 Å². The van der Waals surface area contributed by atoms with Crippen molar-refractivity contribution in [2.24, 2.45) is 0 Å². The smallest absolute Gasteiger partial charge is 0.244 e. The Morgan fingerprint density at radius 1 is 0.878 bits per heavy atom. The number of benzene rings is 4. The molecule has 2 amide bonds. The molecule has 0 heterocycles. The molecule has 0 fully saturated rings. The van der Waals surface area contributed by atoms with Crippen LogP contribution in [0.2, 0.25) is 0 Å². The molecule has 0 bridgehead atoms. The van der Waals surface area contributed by atoms with Crippen LogP contribution in [0.25, 0.3) is 10.8 Å². The van der Waals surface area contributed by atoms with Crippen molar-refractivity contribution < 1.29 is 18.0 Å². The first kappa shape index (κ1) is 30.3. The summed E-state index contributed by atoms with van der Waals surface area (Å²) in [6.45, 7) is 2.11. The van der Waals surface area contributed by atoms with Gasteiger partial charge in [-0.15, -0.1) is 0 Å². The summed E-state index contributed by atoms with van der Waals surface area (Å²) < 4.78 is 28.3. The summed E-state index contributed by atoms with van der Waals surface area (Å²) in [6.07, 6.45) is 2.12. The number of nitrogens with one attached hydrogen (secondary N) is 1. The normalized spacial score (nSPS) is 12.1. The summed E-state index contributed by atoms with van der Waals surface area (Å²) in [4.78, 5) is 29.3. The number of hydrogen-bond acceptors (Lipinski definition) is 4. The molecule has 0 aliphatic heterocycles. The van der Waals surface area contributed by atoms with Crippen LogP contribution in [-0.2, 0) is 32.6 Å². The van der Waals surface area contributed by atoms with E-state index < -0.39 is 28.5 Å². The number of hydrogen-bond donors (Lipinski definition) is 1. The number of carbonyl (C=O) groups excluding carboxylic acids is 2. The van der Waals surface area contributed by atoms with E-state index in [0.29, 0.717) is 17.6 Å². The maximum absolute atomic E-state index is 14.2. The number of anilines is 1. The zero-order chi connectivity index (χ0) is 29.4. The van der Waals surface area contributed by atoms with Crippen molar-refractivity contribution in [3.8, 4) is 0 Å².